The zero-order valence-electron chi connectivity index (χ0n) is 13.8. The third kappa shape index (κ3) is 4.04. The smallest absolute Gasteiger partial charge is 0.271 e. The monoisotopic (exact) mass is 351 g/mol. The highest BCUT2D eigenvalue weighted by Crippen LogP contribution is 2.12. The predicted molar refractivity (Wildman–Crippen MR) is 94.1 cm³/mol. The van der Waals surface area contributed by atoms with Crippen LogP contribution in [0.3, 0.4) is 0 Å². The summed E-state index contributed by atoms with van der Waals surface area (Å²) in [5, 5.41) is 2.82. The molecule has 0 aliphatic carbocycles. The second-order valence-corrected chi connectivity index (χ2v) is 5.65. The molecule has 5 N–H and O–H groups in total. The molecule has 0 spiro atoms. The van der Waals surface area contributed by atoms with Gasteiger partial charge in [0.1, 0.15) is 0 Å². The summed E-state index contributed by atoms with van der Waals surface area (Å²) in [5.74, 6) is -0.938. The highest BCUT2D eigenvalue weighted by atomic mass is 16.3. The van der Waals surface area contributed by atoms with Crippen molar-refractivity contribution in [3.63, 3.8) is 0 Å². The average Bonchev–Trinajstić information content (AvgIpc) is 3.15. The third-order valence-electron chi connectivity index (χ3n) is 3.69. The lowest BCUT2D eigenvalue weighted by atomic mass is 10.1. The quantitative estimate of drug-likeness (QED) is 0.611. The van der Waals surface area contributed by atoms with Gasteiger partial charge in [-0.25, -0.2) is 9.97 Å². The molecule has 3 rings (SSSR count). The van der Waals surface area contributed by atoms with Crippen molar-refractivity contribution in [2.75, 3.05) is 5.73 Å². The van der Waals surface area contributed by atoms with Crippen molar-refractivity contribution in [3.8, 4) is 0 Å². The van der Waals surface area contributed by atoms with E-state index in [0.29, 0.717) is 24.2 Å². The van der Waals surface area contributed by atoms with Crippen molar-refractivity contribution < 1.29 is 14.0 Å². The van der Waals surface area contributed by atoms with Crippen molar-refractivity contribution >= 4 is 17.6 Å². The van der Waals surface area contributed by atoms with E-state index in [-0.39, 0.29) is 17.4 Å². The lowest BCUT2D eigenvalue weighted by Crippen LogP contribution is -2.22. The summed E-state index contributed by atoms with van der Waals surface area (Å²) in [6.45, 7) is 0.380. The van der Waals surface area contributed by atoms with Crippen LogP contribution in [0, 0.1) is 0 Å². The molecular formula is C18H17N5O3. The van der Waals surface area contributed by atoms with Gasteiger partial charge in [0.2, 0.25) is 0 Å². The maximum Gasteiger partial charge on any atom is 0.271 e. The van der Waals surface area contributed by atoms with E-state index in [1.165, 1.54) is 6.20 Å². The first-order chi connectivity index (χ1) is 12.5. The Hall–Kier alpha value is -3.68. The molecule has 0 saturated carbocycles. The number of nitrogens with zero attached hydrogens (tertiary/aromatic N) is 2. The molecule has 2 heterocycles. The number of amides is 2. The molecule has 2 amide bonds. The van der Waals surface area contributed by atoms with E-state index < -0.39 is 5.91 Å². The fourth-order valence-electron chi connectivity index (χ4n) is 2.41. The Bertz CT molecular complexity index is 938. The number of carbonyl (C=O) groups is 2. The lowest BCUT2D eigenvalue weighted by Gasteiger charge is -2.07. The van der Waals surface area contributed by atoms with Crippen LogP contribution in [0.25, 0.3) is 0 Å². The highest BCUT2D eigenvalue weighted by molar-refractivity contribution is 5.95. The number of carbonyl (C=O) groups excluding carboxylic acids is 2. The van der Waals surface area contributed by atoms with Crippen LogP contribution in [0.15, 0.2) is 53.5 Å². The summed E-state index contributed by atoms with van der Waals surface area (Å²) in [7, 11) is 0. The number of furan rings is 1. The first-order valence-corrected chi connectivity index (χ1v) is 7.82. The number of nitrogen functional groups attached to an aromatic ring is 1. The van der Waals surface area contributed by atoms with E-state index >= 15 is 0 Å². The van der Waals surface area contributed by atoms with Gasteiger partial charge in [0.05, 0.1) is 24.4 Å². The molecular weight excluding hydrogens is 334 g/mol. The summed E-state index contributed by atoms with van der Waals surface area (Å²) in [4.78, 5) is 31.7. The molecule has 0 bridgehead atoms. The number of hydrogen-bond acceptors (Lipinski definition) is 6. The first-order valence-electron chi connectivity index (χ1n) is 7.82. The molecule has 0 fully saturated rings. The van der Waals surface area contributed by atoms with Gasteiger partial charge in [0.15, 0.2) is 11.5 Å². The van der Waals surface area contributed by atoms with Crippen molar-refractivity contribution in [3.05, 3.63) is 77.1 Å². The summed E-state index contributed by atoms with van der Waals surface area (Å²) < 4.78 is 4.97. The van der Waals surface area contributed by atoms with Crippen molar-refractivity contribution in [2.45, 2.75) is 13.0 Å². The van der Waals surface area contributed by atoms with Crippen LogP contribution >= 0.6 is 0 Å². The van der Waals surface area contributed by atoms with Crippen LogP contribution < -0.4 is 16.8 Å². The van der Waals surface area contributed by atoms with Crippen LogP contribution in [0.2, 0.25) is 0 Å². The lowest BCUT2D eigenvalue weighted by molar-refractivity contribution is 0.0949. The van der Waals surface area contributed by atoms with Gasteiger partial charge in [-0.05, 0) is 23.8 Å². The molecule has 0 radical (unpaired) electrons. The normalized spacial score (nSPS) is 10.5. The second kappa shape index (κ2) is 7.47. The third-order valence-corrected chi connectivity index (χ3v) is 3.69. The van der Waals surface area contributed by atoms with E-state index in [1.807, 2.05) is 6.07 Å². The van der Waals surface area contributed by atoms with Crippen LogP contribution in [0.5, 0.6) is 0 Å². The van der Waals surface area contributed by atoms with Crippen LogP contribution in [0.1, 0.15) is 37.7 Å². The van der Waals surface area contributed by atoms with Crippen LogP contribution in [0.4, 0.5) is 5.82 Å². The fraction of sp³-hybridized carbons (Fsp3) is 0.111. The van der Waals surface area contributed by atoms with E-state index in [9.17, 15) is 9.59 Å². The summed E-state index contributed by atoms with van der Waals surface area (Å²) in [6.07, 6.45) is 4.99. The molecule has 3 aromatic rings. The topological polar surface area (TPSA) is 137 Å². The number of nitrogens with one attached hydrogen (secondary N) is 1. The molecule has 26 heavy (non-hydrogen) atoms. The van der Waals surface area contributed by atoms with Crippen molar-refractivity contribution in [2.24, 2.45) is 5.73 Å². The van der Waals surface area contributed by atoms with E-state index in [0.717, 1.165) is 11.1 Å². The minimum Gasteiger partial charge on any atom is -0.472 e. The van der Waals surface area contributed by atoms with Gasteiger partial charge in [-0.15, -0.1) is 0 Å². The van der Waals surface area contributed by atoms with Crippen molar-refractivity contribution in [1.29, 1.82) is 0 Å². The maximum atomic E-state index is 12.3. The van der Waals surface area contributed by atoms with Gasteiger partial charge in [0, 0.05) is 24.1 Å². The van der Waals surface area contributed by atoms with Gasteiger partial charge in [-0.3, -0.25) is 9.59 Å². The number of benzene rings is 1. The molecule has 0 unspecified atom stereocenters. The molecule has 1 aromatic carbocycles. The number of primary amides is 1. The van der Waals surface area contributed by atoms with Gasteiger partial charge in [-0.2, -0.15) is 0 Å². The minimum atomic E-state index is -0.732. The maximum absolute atomic E-state index is 12.3. The number of nitrogens with two attached hydrogens (primary N) is 2. The van der Waals surface area contributed by atoms with E-state index in [2.05, 4.69) is 15.3 Å². The SMILES string of the molecule is NC(=O)c1nc(Cc2cccc(C(=O)NCc3ccoc3)c2)cnc1N. The average molecular weight is 351 g/mol. The number of anilines is 1. The number of aromatic nitrogens is 2. The molecule has 0 aliphatic heterocycles. The molecule has 132 valence electrons. The van der Waals surface area contributed by atoms with Gasteiger partial charge < -0.3 is 21.2 Å². The van der Waals surface area contributed by atoms with Gasteiger partial charge in [-0.1, -0.05) is 12.1 Å². The summed E-state index contributed by atoms with van der Waals surface area (Å²) >= 11 is 0. The molecule has 0 aliphatic rings. The molecule has 8 heteroatoms. The second-order valence-electron chi connectivity index (χ2n) is 5.65. The number of hydrogen-bond donors (Lipinski definition) is 3. The number of rotatable bonds is 6. The fourth-order valence-corrected chi connectivity index (χ4v) is 2.41. The Morgan fingerprint density at radius 3 is 2.77 bits per heavy atom. The minimum absolute atomic E-state index is 0.00590. The standard InChI is InChI=1S/C18H17N5O3/c19-16-15(17(20)24)23-14(9-21-16)7-11-2-1-3-13(6-11)18(25)22-8-12-4-5-26-10-12/h1-6,9-10H,7-8H2,(H2,19,21)(H2,20,24)(H,22,25). The Morgan fingerprint density at radius 2 is 2.04 bits per heavy atom. The van der Waals surface area contributed by atoms with Crippen LogP contribution in [-0.2, 0) is 13.0 Å². The summed E-state index contributed by atoms with van der Waals surface area (Å²) in [6, 6.07) is 8.90. The zero-order chi connectivity index (χ0) is 18.5. The highest BCUT2D eigenvalue weighted by Gasteiger charge is 2.12. The Kier molecular flexibility index (Phi) is 4.93. The van der Waals surface area contributed by atoms with Gasteiger partial charge in [0.25, 0.3) is 11.8 Å². The van der Waals surface area contributed by atoms with E-state index in [1.54, 1.807) is 36.8 Å². The van der Waals surface area contributed by atoms with Crippen LogP contribution in [-0.4, -0.2) is 21.8 Å². The predicted octanol–water partition coefficient (Wildman–Crippen LogP) is 1.27. The molecule has 2 aromatic heterocycles. The largest absolute Gasteiger partial charge is 0.472 e. The van der Waals surface area contributed by atoms with Gasteiger partial charge >= 0.3 is 0 Å². The molecule has 0 atom stereocenters. The summed E-state index contributed by atoms with van der Waals surface area (Å²) in [5.41, 5.74) is 13.5. The molecule has 0 saturated heterocycles. The Balaban J connectivity index is 1.72. The Morgan fingerprint density at radius 1 is 1.19 bits per heavy atom. The Labute approximate surface area is 149 Å². The zero-order valence-corrected chi connectivity index (χ0v) is 13.8. The van der Waals surface area contributed by atoms with E-state index in [4.69, 9.17) is 15.9 Å². The van der Waals surface area contributed by atoms with Crippen molar-refractivity contribution in [1.82, 2.24) is 15.3 Å². The first kappa shape index (κ1) is 17.2. The molecule has 8 nitrogen and oxygen atoms in total.